The topological polar surface area (TPSA) is 57.7 Å². The number of ether oxygens (including phenoxy) is 1. The fraction of sp³-hybridized carbons (Fsp3) is 0.286. The van der Waals surface area contributed by atoms with Crippen molar-refractivity contribution >= 4 is 32.6 Å². The lowest BCUT2D eigenvalue weighted by molar-refractivity contribution is 0.0947. The largest absolute Gasteiger partial charge is 0.457 e. The first-order valence-corrected chi connectivity index (χ1v) is 13.0. The molecule has 0 bridgehead atoms. The molecule has 0 saturated carbocycles. The molecule has 1 aliphatic rings. The zero-order valence-corrected chi connectivity index (χ0v) is 20.8. The Morgan fingerprint density at radius 2 is 1.77 bits per heavy atom. The van der Waals surface area contributed by atoms with Crippen molar-refractivity contribution in [3.8, 4) is 11.5 Å². The number of nitrogens with one attached hydrogen (secondary N) is 1. The van der Waals surface area contributed by atoms with E-state index in [0.29, 0.717) is 17.9 Å². The van der Waals surface area contributed by atoms with Crippen LogP contribution in [0.5, 0.6) is 11.5 Å². The standard InChI is InChI=1S/C28H30N4O2S/c1-2-21-11-12-25-26(19-21)35-28(30-25)32-17-15-31(16-18-32)14-13-29-27(33)22-7-6-10-24(20-22)34-23-8-4-3-5-9-23/h3-12,19-20H,2,13-18H2,1H3,(H,29,33). The van der Waals surface area contributed by atoms with E-state index in [1.54, 1.807) is 17.4 Å². The fourth-order valence-corrected chi connectivity index (χ4v) is 5.31. The minimum atomic E-state index is -0.0805. The van der Waals surface area contributed by atoms with Crippen LogP contribution < -0.4 is 15.0 Å². The number of anilines is 1. The molecule has 0 radical (unpaired) electrons. The number of para-hydroxylation sites is 1. The average Bonchev–Trinajstić information content (AvgIpc) is 3.33. The lowest BCUT2D eigenvalue weighted by Gasteiger charge is -2.34. The Bertz CT molecular complexity index is 1280. The summed E-state index contributed by atoms with van der Waals surface area (Å²) >= 11 is 1.78. The summed E-state index contributed by atoms with van der Waals surface area (Å²) in [7, 11) is 0. The van der Waals surface area contributed by atoms with Gasteiger partial charge in [0.2, 0.25) is 0 Å². The molecule has 6 nitrogen and oxygen atoms in total. The van der Waals surface area contributed by atoms with E-state index in [1.807, 2.05) is 48.5 Å². The van der Waals surface area contributed by atoms with Crippen LogP contribution in [0, 0.1) is 0 Å². The number of aromatic nitrogens is 1. The van der Waals surface area contributed by atoms with Gasteiger partial charge in [0.1, 0.15) is 11.5 Å². The summed E-state index contributed by atoms with van der Waals surface area (Å²) in [5.74, 6) is 1.32. The van der Waals surface area contributed by atoms with Crippen LogP contribution in [0.3, 0.4) is 0 Å². The monoisotopic (exact) mass is 486 g/mol. The number of nitrogens with zero attached hydrogens (tertiary/aromatic N) is 3. The predicted octanol–water partition coefficient (Wildman–Crippen LogP) is 5.20. The maximum atomic E-state index is 12.7. The fourth-order valence-electron chi connectivity index (χ4n) is 4.23. The summed E-state index contributed by atoms with van der Waals surface area (Å²) in [6.07, 6.45) is 1.05. The maximum absolute atomic E-state index is 12.7. The van der Waals surface area contributed by atoms with Gasteiger partial charge in [0.25, 0.3) is 5.91 Å². The van der Waals surface area contributed by atoms with Crippen molar-refractivity contribution < 1.29 is 9.53 Å². The van der Waals surface area contributed by atoms with E-state index in [9.17, 15) is 4.79 Å². The molecule has 0 atom stereocenters. The average molecular weight is 487 g/mol. The number of carbonyl (C=O) groups is 1. The molecule has 1 aromatic heterocycles. The number of benzene rings is 3. The molecule has 1 amide bonds. The van der Waals surface area contributed by atoms with Crippen molar-refractivity contribution in [2.24, 2.45) is 0 Å². The molecule has 7 heteroatoms. The highest BCUT2D eigenvalue weighted by atomic mass is 32.1. The molecule has 3 aromatic carbocycles. The lowest BCUT2D eigenvalue weighted by Crippen LogP contribution is -2.48. The summed E-state index contributed by atoms with van der Waals surface area (Å²) in [5, 5.41) is 4.16. The Morgan fingerprint density at radius 1 is 0.971 bits per heavy atom. The highest BCUT2D eigenvalue weighted by Gasteiger charge is 2.20. The van der Waals surface area contributed by atoms with Gasteiger partial charge in [0, 0.05) is 44.8 Å². The van der Waals surface area contributed by atoms with Crippen molar-refractivity contribution in [2.45, 2.75) is 13.3 Å². The number of rotatable bonds is 8. The Kier molecular flexibility index (Phi) is 7.25. The third-order valence-corrected chi connectivity index (χ3v) is 7.36. The van der Waals surface area contributed by atoms with Crippen molar-refractivity contribution in [1.82, 2.24) is 15.2 Å². The van der Waals surface area contributed by atoms with E-state index in [2.05, 4.69) is 40.2 Å². The highest BCUT2D eigenvalue weighted by Crippen LogP contribution is 2.30. The van der Waals surface area contributed by atoms with Gasteiger partial charge in [-0.2, -0.15) is 0 Å². The van der Waals surface area contributed by atoms with Gasteiger partial charge in [-0.05, 0) is 54.4 Å². The van der Waals surface area contributed by atoms with Crippen LogP contribution in [0.4, 0.5) is 5.13 Å². The molecule has 0 spiro atoms. The zero-order chi connectivity index (χ0) is 24.0. The van der Waals surface area contributed by atoms with Crippen LogP contribution in [0.1, 0.15) is 22.8 Å². The van der Waals surface area contributed by atoms with Gasteiger partial charge in [0.15, 0.2) is 5.13 Å². The second kappa shape index (κ2) is 10.9. The van der Waals surface area contributed by atoms with Crippen LogP contribution in [0.15, 0.2) is 72.8 Å². The maximum Gasteiger partial charge on any atom is 0.251 e. The first kappa shape index (κ1) is 23.3. The number of amides is 1. The molecule has 0 unspecified atom stereocenters. The van der Waals surface area contributed by atoms with Crippen LogP contribution in [0.2, 0.25) is 0 Å². The molecule has 180 valence electrons. The molecule has 1 fully saturated rings. The summed E-state index contributed by atoms with van der Waals surface area (Å²) in [6, 6.07) is 23.4. The smallest absolute Gasteiger partial charge is 0.251 e. The van der Waals surface area contributed by atoms with E-state index in [4.69, 9.17) is 9.72 Å². The van der Waals surface area contributed by atoms with Gasteiger partial charge in [-0.3, -0.25) is 9.69 Å². The van der Waals surface area contributed by atoms with Crippen LogP contribution in [-0.2, 0) is 6.42 Å². The molecular formula is C28H30N4O2S. The van der Waals surface area contributed by atoms with Gasteiger partial charge in [0.05, 0.1) is 10.2 Å². The van der Waals surface area contributed by atoms with Crippen molar-refractivity contribution in [2.75, 3.05) is 44.2 Å². The number of aryl methyl sites for hydroxylation is 1. The number of piperazine rings is 1. The molecule has 4 aromatic rings. The van der Waals surface area contributed by atoms with E-state index < -0.39 is 0 Å². The Morgan fingerprint density at radius 3 is 2.57 bits per heavy atom. The van der Waals surface area contributed by atoms with Crippen molar-refractivity contribution in [1.29, 1.82) is 0 Å². The van der Waals surface area contributed by atoms with E-state index >= 15 is 0 Å². The Hall–Kier alpha value is -3.42. The molecule has 1 saturated heterocycles. The molecule has 35 heavy (non-hydrogen) atoms. The molecular weight excluding hydrogens is 456 g/mol. The Balaban J connectivity index is 1.08. The minimum Gasteiger partial charge on any atom is -0.457 e. The van der Waals surface area contributed by atoms with Gasteiger partial charge < -0.3 is 15.0 Å². The summed E-state index contributed by atoms with van der Waals surface area (Å²) in [5.41, 5.74) is 3.05. The van der Waals surface area contributed by atoms with Crippen LogP contribution in [0.25, 0.3) is 10.2 Å². The Labute approximate surface area is 210 Å². The quantitative estimate of drug-likeness (QED) is 0.371. The van der Waals surface area contributed by atoms with Gasteiger partial charge in [-0.25, -0.2) is 4.98 Å². The SMILES string of the molecule is CCc1ccc2nc(N3CCN(CCNC(=O)c4cccc(Oc5ccccc5)c4)CC3)sc2c1. The number of carbonyl (C=O) groups excluding carboxylic acids is 1. The molecule has 2 heterocycles. The van der Waals surface area contributed by atoms with Crippen LogP contribution in [-0.4, -0.2) is 55.1 Å². The normalized spacial score (nSPS) is 14.3. The number of fused-ring (bicyclic) bond motifs is 1. The number of hydrogen-bond acceptors (Lipinski definition) is 6. The van der Waals surface area contributed by atoms with Crippen molar-refractivity contribution in [3.63, 3.8) is 0 Å². The zero-order valence-electron chi connectivity index (χ0n) is 19.9. The summed E-state index contributed by atoms with van der Waals surface area (Å²) in [4.78, 5) is 22.3. The van der Waals surface area contributed by atoms with Gasteiger partial charge in [-0.1, -0.05) is 48.6 Å². The molecule has 5 rings (SSSR count). The third-order valence-electron chi connectivity index (χ3n) is 6.28. The van der Waals surface area contributed by atoms with E-state index in [-0.39, 0.29) is 5.91 Å². The third kappa shape index (κ3) is 5.81. The predicted molar refractivity (Wildman–Crippen MR) is 143 cm³/mol. The summed E-state index contributed by atoms with van der Waals surface area (Å²) in [6.45, 7) is 7.46. The summed E-state index contributed by atoms with van der Waals surface area (Å²) < 4.78 is 7.12. The molecule has 0 aliphatic carbocycles. The highest BCUT2D eigenvalue weighted by molar-refractivity contribution is 7.22. The lowest BCUT2D eigenvalue weighted by atomic mass is 10.2. The second-order valence-electron chi connectivity index (χ2n) is 8.68. The van der Waals surface area contributed by atoms with E-state index in [0.717, 1.165) is 55.5 Å². The van der Waals surface area contributed by atoms with Gasteiger partial charge in [-0.15, -0.1) is 0 Å². The minimum absolute atomic E-state index is 0.0805. The van der Waals surface area contributed by atoms with Crippen LogP contribution >= 0.6 is 11.3 Å². The first-order chi connectivity index (χ1) is 17.2. The molecule has 1 N–H and O–H groups in total. The number of thiazole rings is 1. The second-order valence-corrected chi connectivity index (χ2v) is 9.69. The first-order valence-electron chi connectivity index (χ1n) is 12.2. The number of hydrogen-bond donors (Lipinski definition) is 1. The van der Waals surface area contributed by atoms with Gasteiger partial charge >= 0.3 is 0 Å². The molecule has 1 aliphatic heterocycles. The van der Waals surface area contributed by atoms with Crippen molar-refractivity contribution in [3.05, 3.63) is 83.9 Å². The van der Waals surface area contributed by atoms with E-state index in [1.165, 1.54) is 10.3 Å².